The maximum absolute atomic E-state index is 11.7. The molecule has 1 aromatic rings. The fourth-order valence-electron chi connectivity index (χ4n) is 1.59. The number of esters is 1. The van der Waals surface area contributed by atoms with Crippen LogP contribution in [0.25, 0.3) is 0 Å². The van der Waals surface area contributed by atoms with E-state index in [1.54, 1.807) is 12.1 Å². The van der Waals surface area contributed by atoms with Crippen LogP contribution in [0, 0.1) is 0 Å². The van der Waals surface area contributed by atoms with E-state index in [-0.39, 0.29) is 35.9 Å². The molecule has 0 saturated heterocycles. The molecule has 0 aliphatic heterocycles. The molecule has 0 aliphatic rings. The lowest BCUT2D eigenvalue weighted by molar-refractivity contribution is -0.148. The third-order valence-electron chi connectivity index (χ3n) is 2.70. The van der Waals surface area contributed by atoms with Gasteiger partial charge in [-0.3, -0.25) is 4.79 Å². The van der Waals surface area contributed by atoms with Crippen LogP contribution >= 0.6 is 35.6 Å². The van der Waals surface area contributed by atoms with Crippen molar-refractivity contribution in [3.8, 4) is 0 Å². The summed E-state index contributed by atoms with van der Waals surface area (Å²) in [4.78, 5) is 15.5. The van der Waals surface area contributed by atoms with Gasteiger partial charge in [-0.2, -0.15) is 0 Å². The zero-order valence-corrected chi connectivity index (χ0v) is 14.7. The zero-order chi connectivity index (χ0) is 15.7. The number of carbonyl (C=O) groups excluding carboxylic acids is 1. The van der Waals surface area contributed by atoms with Crippen molar-refractivity contribution in [2.75, 3.05) is 13.2 Å². The van der Waals surface area contributed by atoms with E-state index in [1.807, 2.05) is 0 Å². The summed E-state index contributed by atoms with van der Waals surface area (Å²) in [6.07, 6.45) is 3.18. The first kappa shape index (κ1) is 21.4. The lowest BCUT2D eigenvalue weighted by Crippen LogP contribution is -2.36. The van der Waals surface area contributed by atoms with E-state index in [4.69, 9.17) is 38.4 Å². The minimum atomic E-state index is -0.792. The van der Waals surface area contributed by atoms with E-state index in [0.717, 1.165) is 19.3 Å². The highest BCUT2D eigenvalue weighted by Crippen LogP contribution is 2.15. The maximum Gasteiger partial charge on any atom is 0.325 e. The van der Waals surface area contributed by atoms with Crippen LogP contribution in [0.4, 0.5) is 0 Å². The third-order valence-corrected chi connectivity index (χ3v) is 3.08. The van der Waals surface area contributed by atoms with Crippen molar-refractivity contribution in [2.24, 2.45) is 5.73 Å². The predicted molar refractivity (Wildman–Crippen MR) is 89.6 cm³/mol. The first-order valence-electron chi connectivity index (χ1n) is 6.85. The summed E-state index contributed by atoms with van der Waals surface area (Å²) in [7, 11) is 0. The number of unbranched alkanes of at least 4 members (excludes halogenated alkanes) is 2. The highest BCUT2D eigenvalue weighted by atomic mass is 35.5. The van der Waals surface area contributed by atoms with Gasteiger partial charge in [-0.25, -0.2) is 4.98 Å². The van der Waals surface area contributed by atoms with E-state index < -0.39 is 12.0 Å². The number of hydrogen-bond acceptors (Lipinski definition) is 5. The molecule has 0 unspecified atom stereocenters. The Balaban J connectivity index is 0.00000441. The quantitative estimate of drug-likeness (QED) is 0.409. The molecule has 0 aromatic carbocycles. The van der Waals surface area contributed by atoms with Gasteiger partial charge in [0, 0.05) is 6.61 Å². The van der Waals surface area contributed by atoms with Gasteiger partial charge in [-0.15, -0.1) is 12.4 Å². The van der Waals surface area contributed by atoms with E-state index in [9.17, 15) is 4.79 Å². The molecule has 5 nitrogen and oxygen atoms in total. The molecule has 2 N–H and O–H groups in total. The highest BCUT2D eigenvalue weighted by molar-refractivity contribution is 6.32. The molecule has 1 heterocycles. The Labute approximate surface area is 146 Å². The standard InChI is InChI=1S/C14H20Cl2N2O3.ClH/c1-2-3-4-5-20-9-11(17)14(19)21-8-10-6-12(15)18-13(16)7-10;/h6-7,11H,2-5,8-9,17H2,1H3;1H/t11-;/m0./s1. The van der Waals surface area contributed by atoms with Crippen LogP contribution in [0.15, 0.2) is 12.1 Å². The minimum Gasteiger partial charge on any atom is -0.460 e. The Kier molecular flexibility index (Phi) is 11.6. The Morgan fingerprint density at radius 3 is 2.55 bits per heavy atom. The summed E-state index contributed by atoms with van der Waals surface area (Å²) in [5.41, 5.74) is 6.35. The van der Waals surface area contributed by atoms with Crippen molar-refractivity contribution in [1.29, 1.82) is 0 Å². The number of nitrogens with zero attached hydrogens (tertiary/aromatic N) is 1. The van der Waals surface area contributed by atoms with E-state index >= 15 is 0 Å². The molecule has 8 heteroatoms. The average Bonchev–Trinajstić information content (AvgIpc) is 2.43. The Bertz CT molecular complexity index is 441. The lowest BCUT2D eigenvalue weighted by Gasteiger charge is -2.12. The molecule has 0 aliphatic carbocycles. The molecule has 126 valence electrons. The normalized spacial score (nSPS) is 11.6. The van der Waals surface area contributed by atoms with Crippen molar-refractivity contribution in [3.05, 3.63) is 28.0 Å². The largest absolute Gasteiger partial charge is 0.460 e. The van der Waals surface area contributed by atoms with Gasteiger partial charge in [0.2, 0.25) is 0 Å². The SMILES string of the molecule is CCCCCOC[C@H](N)C(=O)OCc1cc(Cl)nc(Cl)c1.Cl. The van der Waals surface area contributed by atoms with Gasteiger partial charge in [-0.1, -0.05) is 43.0 Å². The molecule has 1 atom stereocenters. The van der Waals surface area contributed by atoms with Crippen molar-refractivity contribution < 1.29 is 14.3 Å². The van der Waals surface area contributed by atoms with Crippen LogP contribution < -0.4 is 5.73 Å². The van der Waals surface area contributed by atoms with Crippen molar-refractivity contribution in [1.82, 2.24) is 4.98 Å². The Morgan fingerprint density at radius 1 is 1.32 bits per heavy atom. The summed E-state index contributed by atoms with van der Waals surface area (Å²) in [6, 6.07) is 2.36. The zero-order valence-electron chi connectivity index (χ0n) is 12.4. The third kappa shape index (κ3) is 8.76. The Morgan fingerprint density at radius 2 is 1.95 bits per heavy atom. The number of carbonyl (C=O) groups is 1. The van der Waals surface area contributed by atoms with Crippen molar-refractivity contribution >= 4 is 41.6 Å². The monoisotopic (exact) mass is 370 g/mol. The van der Waals surface area contributed by atoms with Crippen LogP contribution in [-0.2, 0) is 20.9 Å². The predicted octanol–water partition coefficient (Wildman–Crippen LogP) is 3.39. The fraction of sp³-hybridized carbons (Fsp3) is 0.571. The summed E-state index contributed by atoms with van der Waals surface area (Å²) in [5.74, 6) is -0.519. The molecule has 0 fully saturated rings. The Hall–Kier alpha value is -0.590. The van der Waals surface area contributed by atoms with Gasteiger partial charge in [-0.05, 0) is 24.1 Å². The molecule has 0 saturated carbocycles. The average molecular weight is 372 g/mol. The molecule has 22 heavy (non-hydrogen) atoms. The van der Waals surface area contributed by atoms with Crippen LogP contribution in [0.2, 0.25) is 10.3 Å². The van der Waals surface area contributed by atoms with Gasteiger partial charge in [0.1, 0.15) is 23.0 Å². The summed E-state index contributed by atoms with van der Waals surface area (Å²) in [5, 5.41) is 0.495. The van der Waals surface area contributed by atoms with E-state index in [0.29, 0.717) is 12.2 Å². The summed E-state index contributed by atoms with van der Waals surface area (Å²) in [6.45, 7) is 2.91. The second kappa shape index (κ2) is 11.9. The van der Waals surface area contributed by atoms with Crippen molar-refractivity contribution in [3.63, 3.8) is 0 Å². The van der Waals surface area contributed by atoms with Gasteiger partial charge in [0.15, 0.2) is 0 Å². The number of ether oxygens (including phenoxy) is 2. The second-order valence-electron chi connectivity index (χ2n) is 4.62. The molecular formula is C14H21Cl3N2O3. The number of pyridine rings is 1. The van der Waals surface area contributed by atoms with Crippen LogP contribution in [0.3, 0.4) is 0 Å². The number of aromatic nitrogens is 1. The number of nitrogens with two attached hydrogens (primary N) is 1. The number of halogens is 3. The molecule has 1 rings (SSSR count). The smallest absolute Gasteiger partial charge is 0.325 e. The van der Waals surface area contributed by atoms with Crippen LogP contribution in [0.5, 0.6) is 0 Å². The molecule has 0 radical (unpaired) electrons. The first-order chi connectivity index (χ1) is 10.0. The minimum absolute atomic E-state index is 0. The summed E-state index contributed by atoms with van der Waals surface area (Å²) < 4.78 is 10.4. The summed E-state index contributed by atoms with van der Waals surface area (Å²) >= 11 is 11.5. The molecule has 0 bridgehead atoms. The number of rotatable bonds is 9. The fourth-order valence-corrected chi connectivity index (χ4v) is 2.10. The second-order valence-corrected chi connectivity index (χ2v) is 5.39. The molecule has 1 aromatic heterocycles. The topological polar surface area (TPSA) is 74.4 Å². The molecule has 0 spiro atoms. The molecule has 0 amide bonds. The first-order valence-corrected chi connectivity index (χ1v) is 7.60. The van der Waals surface area contributed by atoms with Gasteiger partial charge < -0.3 is 15.2 Å². The van der Waals surface area contributed by atoms with Gasteiger partial charge >= 0.3 is 5.97 Å². The van der Waals surface area contributed by atoms with Crippen LogP contribution in [-0.4, -0.2) is 30.2 Å². The van der Waals surface area contributed by atoms with Gasteiger partial charge in [0.05, 0.1) is 6.61 Å². The van der Waals surface area contributed by atoms with Crippen LogP contribution in [0.1, 0.15) is 31.7 Å². The number of hydrogen-bond donors (Lipinski definition) is 1. The van der Waals surface area contributed by atoms with E-state index in [2.05, 4.69) is 11.9 Å². The lowest BCUT2D eigenvalue weighted by atomic mass is 10.3. The maximum atomic E-state index is 11.7. The van der Waals surface area contributed by atoms with E-state index in [1.165, 1.54) is 0 Å². The highest BCUT2D eigenvalue weighted by Gasteiger charge is 2.15. The van der Waals surface area contributed by atoms with Crippen molar-refractivity contribution in [2.45, 2.75) is 38.8 Å². The van der Waals surface area contributed by atoms with Gasteiger partial charge in [0.25, 0.3) is 0 Å². The molecular weight excluding hydrogens is 351 g/mol.